The lowest BCUT2D eigenvalue weighted by Gasteiger charge is -2.15. The Morgan fingerprint density at radius 2 is 1.21 bits per heavy atom. The molecular formula is C25H25N3. The minimum atomic E-state index is 0.427. The number of nitrogens with zero attached hydrogens (tertiary/aromatic N) is 1. The van der Waals surface area contributed by atoms with Gasteiger partial charge in [-0.05, 0) is 54.0 Å². The Kier molecular flexibility index (Phi) is 5.24. The van der Waals surface area contributed by atoms with Gasteiger partial charge < -0.3 is 11.5 Å². The standard InChI is InChI=1S/C25H25N3/c26-24-21(17-15-19-10-5-2-6-11-19)23-20(12-7-13-22(23)28-25(24)27)16-14-18-8-3-1-4-9-18/h1-13H,14-17,26H2,(H2,27,28). The highest BCUT2D eigenvalue weighted by Gasteiger charge is 2.14. The Morgan fingerprint density at radius 3 is 1.86 bits per heavy atom. The number of fused-ring (bicyclic) bond motifs is 1. The summed E-state index contributed by atoms with van der Waals surface area (Å²) in [6, 6.07) is 27.3. The summed E-state index contributed by atoms with van der Waals surface area (Å²) in [6.07, 6.45) is 3.71. The molecule has 0 radical (unpaired) electrons. The zero-order chi connectivity index (χ0) is 19.3. The van der Waals surface area contributed by atoms with Crippen molar-refractivity contribution < 1.29 is 0 Å². The van der Waals surface area contributed by atoms with Crippen LogP contribution in [0.15, 0.2) is 78.9 Å². The molecule has 0 bridgehead atoms. The maximum Gasteiger partial charge on any atom is 0.147 e. The van der Waals surface area contributed by atoms with Crippen LogP contribution in [0.5, 0.6) is 0 Å². The van der Waals surface area contributed by atoms with Crippen molar-refractivity contribution in [2.75, 3.05) is 11.5 Å². The summed E-state index contributed by atoms with van der Waals surface area (Å²) in [5, 5.41) is 1.17. The van der Waals surface area contributed by atoms with Gasteiger partial charge in [0.15, 0.2) is 0 Å². The third kappa shape index (κ3) is 3.84. The van der Waals surface area contributed by atoms with Gasteiger partial charge in [0.05, 0.1) is 11.2 Å². The molecule has 0 atom stereocenters. The predicted molar refractivity (Wildman–Crippen MR) is 118 cm³/mol. The first-order valence-electron chi connectivity index (χ1n) is 9.75. The Balaban J connectivity index is 1.70. The zero-order valence-corrected chi connectivity index (χ0v) is 15.9. The molecule has 0 fully saturated rings. The van der Waals surface area contributed by atoms with Crippen molar-refractivity contribution in [1.82, 2.24) is 4.98 Å². The van der Waals surface area contributed by atoms with Gasteiger partial charge in [0.1, 0.15) is 5.82 Å². The van der Waals surface area contributed by atoms with E-state index in [0.717, 1.165) is 36.8 Å². The molecule has 0 saturated heterocycles. The number of aryl methyl sites for hydroxylation is 4. The van der Waals surface area contributed by atoms with E-state index in [1.54, 1.807) is 0 Å². The SMILES string of the molecule is Nc1nc2cccc(CCc3ccccc3)c2c(CCc2ccccc2)c1N. The predicted octanol–water partition coefficient (Wildman–Crippen LogP) is 4.97. The van der Waals surface area contributed by atoms with Gasteiger partial charge in [0.25, 0.3) is 0 Å². The van der Waals surface area contributed by atoms with E-state index in [2.05, 4.69) is 71.7 Å². The Bertz CT molecular complexity index is 1070. The summed E-state index contributed by atoms with van der Waals surface area (Å²) in [7, 11) is 0. The van der Waals surface area contributed by atoms with Crippen LogP contribution in [-0.4, -0.2) is 4.98 Å². The number of nitrogen functional groups attached to an aromatic ring is 2. The summed E-state index contributed by atoms with van der Waals surface area (Å²) >= 11 is 0. The van der Waals surface area contributed by atoms with Crippen molar-refractivity contribution in [3.63, 3.8) is 0 Å². The van der Waals surface area contributed by atoms with E-state index in [1.165, 1.54) is 22.1 Å². The Hall–Kier alpha value is -3.33. The molecule has 0 saturated carbocycles. The van der Waals surface area contributed by atoms with Crippen molar-refractivity contribution in [3.05, 3.63) is 101 Å². The summed E-state index contributed by atoms with van der Waals surface area (Å²) in [5.41, 5.74) is 19.1. The summed E-state index contributed by atoms with van der Waals surface area (Å²) < 4.78 is 0. The molecule has 0 aliphatic heterocycles. The van der Waals surface area contributed by atoms with Crippen molar-refractivity contribution in [2.45, 2.75) is 25.7 Å². The third-order valence-corrected chi connectivity index (χ3v) is 5.30. The van der Waals surface area contributed by atoms with Crippen molar-refractivity contribution in [3.8, 4) is 0 Å². The summed E-state index contributed by atoms with van der Waals surface area (Å²) in [4.78, 5) is 4.56. The molecule has 1 heterocycles. The minimum absolute atomic E-state index is 0.427. The van der Waals surface area contributed by atoms with E-state index in [1.807, 2.05) is 12.1 Å². The first-order valence-corrected chi connectivity index (χ1v) is 9.75. The van der Waals surface area contributed by atoms with Gasteiger partial charge in [0.2, 0.25) is 0 Å². The lowest BCUT2D eigenvalue weighted by atomic mass is 9.93. The van der Waals surface area contributed by atoms with E-state index in [4.69, 9.17) is 11.5 Å². The zero-order valence-electron chi connectivity index (χ0n) is 15.9. The third-order valence-electron chi connectivity index (χ3n) is 5.30. The maximum absolute atomic E-state index is 6.40. The molecular weight excluding hydrogens is 342 g/mol. The molecule has 4 rings (SSSR count). The molecule has 4 N–H and O–H groups in total. The first kappa shape index (κ1) is 18.1. The second kappa shape index (κ2) is 8.13. The second-order valence-electron chi connectivity index (χ2n) is 7.17. The van der Waals surface area contributed by atoms with Gasteiger partial charge >= 0.3 is 0 Å². The molecule has 4 aromatic rings. The van der Waals surface area contributed by atoms with Crippen LogP contribution in [0, 0.1) is 0 Å². The topological polar surface area (TPSA) is 64.9 Å². The molecule has 28 heavy (non-hydrogen) atoms. The average molecular weight is 367 g/mol. The fourth-order valence-electron chi connectivity index (χ4n) is 3.81. The van der Waals surface area contributed by atoms with Gasteiger partial charge in [-0.15, -0.1) is 0 Å². The molecule has 3 nitrogen and oxygen atoms in total. The van der Waals surface area contributed by atoms with Crippen LogP contribution in [0.1, 0.15) is 22.3 Å². The van der Waals surface area contributed by atoms with Crippen LogP contribution < -0.4 is 11.5 Å². The monoisotopic (exact) mass is 367 g/mol. The Morgan fingerprint density at radius 1 is 0.607 bits per heavy atom. The second-order valence-corrected chi connectivity index (χ2v) is 7.17. The number of rotatable bonds is 6. The van der Waals surface area contributed by atoms with Crippen molar-refractivity contribution in [2.24, 2.45) is 0 Å². The van der Waals surface area contributed by atoms with Crippen molar-refractivity contribution in [1.29, 1.82) is 0 Å². The van der Waals surface area contributed by atoms with E-state index < -0.39 is 0 Å². The van der Waals surface area contributed by atoms with Crippen LogP contribution in [0.2, 0.25) is 0 Å². The molecule has 0 aliphatic carbocycles. The molecule has 0 spiro atoms. The first-order chi connectivity index (χ1) is 13.7. The van der Waals surface area contributed by atoms with Crippen LogP contribution in [0.4, 0.5) is 11.5 Å². The molecule has 0 amide bonds. The lowest BCUT2D eigenvalue weighted by Crippen LogP contribution is -2.07. The van der Waals surface area contributed by atoms with Gasteiger partial charge in [-0.1, -0.05) is 72.8 Å². The fourth-order valence-corrected chi connectivity index (χ4v) is 3.81. The normalized spacial score (nSPS) is 11.0. The molecule has 3 aromatic carbocycles. The van der Waals surface area contributed by atoms with Crippen LogP contribution in [0.3, 0.4) is 0 Å². The number of aromatic nitrogens is 1. The van der Waals surface area contributed by atoms with Crippen molar-refractivity contribution >= 4 is 22.4 Å². The number of anilines is 2. The van der Waals surface area contributed by atoms with E-state index in [-0.39, 0.29) is 0 Å². The number of nitrogens with two attached hydrogens (primary N) is 2. The van der Waals surface area contributed by atoms with Crippen LogP contribution in [0.25, 0.3) is 10.9 Å². The molecule has 1 aromatic heterocycles. The van der Waals surface area contributed by atoms with Crippen LogP contribution in [-0.2, 0) is 25.7 Å². The average Bonchev–Trinajstić information content (AvgIpc) is 2.74. The lowest BCUT2D eigenvalue weighted by molar-refractivity contribution is 0.949. The van der Waals surface area contributed by atoms with Gasteiger partial charge in [-0.25, -0.2) is 4.98 Å². The quantitative estimate of drug-likeness (QED) is 0.506. The Labute approximate surface area is 166 Å². The highest BCUT2D eigenvalue weighted by atomic mass is 14.9. The molecule has 0 unspecified atom stereocenters. The molecule has 140 valence electrons. The van der Waals surface area contributed by atoms with Gasteiger partial charge in [0, 0.05) is 5.39 Å². The number of benzene rings is 3. The summed E-state index contributed by atoms with van der Waals surface area (Å²) in [5.74, 6) is 0.427. The highest BCUT2D eigenvalue weighted by Crippen LogP contribution is 2.31. The molecule has 3 heteroatoms. The number of hydrogen-bond acceptors (Lipinski definition) is 3. The number of pyridine rings is 1. The number of hydrogen-bond donors (Lipinski definition) is 2. The van der Waals surface area contributed by atoms with E-state index >= 15 is 0 Å². The molecule has 0 aliphatic rings. The smallest absolute Gasteiger partial charge is 0.147 e. The largest absolute Gasteiger partial charge is 0.396 e. The summed E-state index contributed by atoms with van der Waals surface area (Å²) in [6.45, 7) is 0. The van der Waals surface area contributed by atoms with Crippen LogP contribution >= 0.6 is 0 Å². The van der Waals surface area contributed by atoms with E-state index in [0.29, 0.717) is 11.5 Å². The highest BCUT2D eigenvalue weighted by molar-refractivity contribution is 5.92. The van der Waals surface area contributed by atoms with Gasteiger partial charge in [-0.3, -0.25) is 0 Å². The fraction of sp³-hybridized carbons (Fsp3) is 0.160. The minimum Gasteiger partial charge on any atom is -0.396 e. The van der Waals surface area contributed by atoms with E-state index in [9.17, 15) is 0 Å². The van der Waals surface area contributed by atoms with Gasteiger partial charge in [-0.2, -0.15) is 0 Å². The maximum atomic E-state index is 6.40.